The molecule has 3 heterocycles. The number of rotatable bonds is 1. The maximum absolute atomic E-state index is 11.6. The molecule has 3 rings (SSSR count). The predicted molar refractivity (Wildman–Crippen MR) is 72.9 cm³/mol. The van der Waals surface area contributed by atoms with Crippen molar-refractivity contribution in [2.75, 3.05) is 35.2 Å². The molecule has 19 heavy (non-hydrogen) atoms. The fourth-order valence-corrected chi connectivity index (χ4v) is 3.57. The van der Waals surface area contributed by atoms with E-state index in [2.05, 4.69) is 9.97 Å². The van der Waals surface area contributed by atoms with Crippen LogP contribution in [0.2, 0.25) is 0 Å². The van der Waals surface area contributed by atoms with Crippen LogP contribution < -0.4 is 10.6 Å². The lowest BCUT2D eigenvalue weighted by atomic mass is 10.4. The maximum Gasteiger partial charge on any atom is 0.180 e. The Hall–Kier alpha value is -1.83. The Morgan fingerprint density at radius 1 is 1.26 bits per heavy atom. The van der Waals surface area contributed by atoms with Gasteiger partial charge in [0.25, 0.3) is 0 Å². The molecule has 0 aromatic carbocycles. The van der Waals surface area contributed by atoms with Crippen molar-refractivity contribution in [3.05, 3.63) is 18.6 Å². The van der Waals surface area contributed by atoms with Crippen LogP contribution >= 0.6 is 0 Å². The summed E-state index contributed by atoms with van der Waals surface area (Å²) in [4.78, 5) is 10.5. The third kappa shape index (κ3) is 2.35. The van der Waals surface area contributed by atoms with Crippen molar-refractivity contribution in [2.24, 2.45) is 0 Å². The monoisotopic (exact) mass is 281 g/mol. The summed E-state index contributed by atoms with van der Waals surface area (Å²) in [6.45, 7) is 1.08. The highest BCUT2D eigenvalue weighted by molar-refractivity contribution is 7.91. The van der Waals surface area contributed by atoms with Gasteiger partial charge in [0, 0.05) is 25.5 Å². The van der Waals surface area contributed by atoms with Gasteiger partial charge < -0.3 is 15.0 Å². The summed E-state index contributed by atoms with van der Waals surface area (Å²) in [6.07, 6.45) is 5.77. The Labute approximate surface area is 111 Å². The zero-order valence-corrected chi connectivity index (χ0v) is 11.2. The van der Waals surface area contributed by atoms with Gasteiger partial charge in [-0.25, -0.2) is 18.4 Å². The molecule has 0 bridgehead atoms. The Bertz CT molecular complexity index is 709. The minimum Gasteiger partial charge on any atom is -0.382 e. The van der Waals surface area contributed by atoms with Crippen molar-refractivity contribution in [1.29, 1.82) is 0 Å². The lowest BCUT2D eigenvalue weighted by molar-refractivity contribution is 0.597. The first-order valence-electron chi connectivity index (χ1n) is 6.10. The van der Waals surface area contributed by atoms with Crippen molar-refractivity contribution in [3.8, 4) is 0 Å². The van der Waals surface area contributed by atoms with Gasteiger partial charge in [-0.15, -0.1) is 0 Å². The molecule has 0 aliphatic carbocycles. The minimum absolute atomic E-state index is 0.149. The van der Waals surface area contributed by atoms with E-state index in [4.69, 9.17) is 5.73 Å². The van der Waals surface area contributed by atoms with Crippen molar-refractivity contribution < 1.29 is 8.42 Å². The van der Waals surface area contributed by atoms with Crippen LogP contribution in [0, 0.1) is 0 Å². The molecule has 1 fully saturated rings. The molecule has 0 spiro atoms. The van der Waals surface area contributed by atoms with Crippen LogP contribution in [0.1, 0.15) is 6.42 Å². The number of sulfone groups is 1. The Balaban J connectivity index is 2.02. The Morgan fingerprint density at radius 2 is 2.11 bits per heavy atom. The van der Waals surface area contributed by atoms with Crippen LogP contribution in [-0.4, -0.2) is 47.4 Å². The van der Waals surface area contributed by atoms with Crippen molar-refractivity contribution in [2.45, 2.75) is 6.42 Å². The van der Waals surface area contributed by atoms with Gasteiger partial charge in [0.1, 0.15) is 5.82 Å². The van der Waals surface area contributed by atoms with Crippen LogP contribution in [0.5, 0.6) is 0 Å². The number of imidazole rings is 1. The van der Waals surface area contributed by atoms with Crippen LogP contribution in [0.15, 0.2) is 18.6 Å². The van der Waals surface area contributed by atoms with E-state index in [9.17, 15) is 8.42 Å². The van der Waals surface area contributed by atoms with E-state index < -0.39 is 9.84 Å². The number of aromatic nitrogens is 3. The molecule has 0 radical (unpaired) electrons. The average molecular weight is 281 g/mol. The quantitative estimate of drug-likeness (QED) is 0.787. The first-order chi connectivity index (χ1) is 9.05. The second-order valence-corrected chi connectivity index (χ2v) is 6.94. The summed E-state index contributed by atoms with van der Waals surface area (Å²) in [5.74, 6) is 1.43. The van der Waals surface area contributed by atoms with E-state index in [0.717, 1.165) is 0 Å². The van der Waals surface area contributed by atoms with Crippen molar-refractivity contribution >= 4 is 27.1 Å². The standard InChI is InChI=1S/C11H15N5O2S/c12-9-8-16-4-2-13-10(16)11(14-9)15-3-1-6-19(17,18)7-5-15/h2,4,8H,1,3,5-7,12H2. The van der Waals surface area contributed by atoms with Crippen LogP contribution in [-0.2, 0) is 9.84 Å². The fourth-order valence-electron chi connectivity index (χ4n) is 2.30. The molecule has 8 heteroatoms. The number of anilines is 2. The first-order valence-corrected chi connectivity index (χ1v) is 7.92. The number of hydrogen-bond donors (Lipinski definition) is 1. The van der Waals surface area contributed by atoms with E-state index in [1.165, 1.54) is 0 Å². The SMILES string of the molecule is Nc1cn2ccnc2c(N2CCCS(=O)(=O)CC2)n1. The molecule has 1 aliphatic rings. The highest BCUT2D eigenvalue weighted by Crippen LogP contribution is 2.21. The summed E-state index contributed by atoms with van der Waals surface area (Å²) in [7, 11) is -2.94. The molecule has 2 aromatic heterocycles. The zero-order chi connectivity index (χ0) is 13.5. The highest BCUT2D eigenvalue weighted by Gasteiger charge is 2.22. The normalized spacial score (nSPS) is 19.5. The van der Waals surface area contributed by atoms with E-state index >= 15 is 0 Å². The second kappa shape index (κ2) is 4.37. The lowest BCUT2D eigenvalue weighted by Crippen LogP contribution is -2.28. The molecular weight excluding hydrogens is 266 g/mol. The number of nitrogens with two attached hydrogens (primary N) is 1. The summed E-state index contributed by atoms with van der Waals surface area (Å²) in [5, 5.41) is 0. The summed E-state index contributed by atoms with van der Waals surface area (Å²) in [6, 6.07) is 0. The van der Waals surface area contributed by atoms with Crippen LogP contribution in [0.4, 0.5) is 11.6 Å². The van der Waals surface area contributed by atoms with E-state index in [1.807, 2.05) is 4.90 Å². The van der Waals surface area contributed by atoms with Gasteiger partial charge in [-0.05, 0) is 6.42 Å². The van der Waals surface area contributed by atoms with Crippen LogP contribution in [0.25, 0.3) is 5.65 Å². The largest absolute Gasteiger partial charge is 0.382 e. The predicted octanol–water partition coefficient (Wildman–Crippen LogP) is -0.0636. The number of hydrogen-bond acceptors (Lipinski definition) is 6. The third-order valence-electron chi connectivity index (χ3n) is 3.23. The second-order valence-electron chi connectivity index (χ2n) is 4.64. The van der Waals surface area contributed by atoms with Gasteiger partial charge >= 0.3 is 0 Å². The van der Waals surface area contributed by atoms with Gasteiger partial charge in [-0.2, -0.15) is 0 Å². The summed E-state index contributed by atoms with van der Waals surface area (Å²) < 4.78 is 25.1. The molecule has 2 N–H and O–H groups in total. The van der Waals surface area contributed by atoms with Crippen LogP contribution in [0.3, 0.4) is 0 Å². The molecule has 0 amide bonds. The van der Waals surface area contributed by atoms with Crippen molar-refractivity contribution in [3.63, 3.8) is 0 Å². The molecule has 102 valence electrons. The van der Waals surface area contributed by atoms with Gasteiger partial charge in [-0.1, -0.05) is 0 Å². The zero-order valence-electron chi connectivity index (χ0n) is 10.4. The maximum atomic E-state index is 11.6. The number of nitrogen functional groups attached to an aromatic ring is 1. The van der Waals surface area contributed by atoms with E-state index in [0.29, 0.717) is 36.8 Å². The molecule has 0 saturated carbocycles. The highest BCUT2D eigenvalue weighted by atomic mass is 32.2. The molecule has 1 saturated heterocycles. The van der Waals surface area contributed by atoms with Crippen molar-refractivity contribution in [1.82, 2.24) is 14.4 Å². The fraction of sp³-hybridized carbons (Fsp3) is 0.455. The molecule has 1 aliphatic heterocycles. The van der Waals surface area contributed by atoms with Gasteiger partial charge in [0.05, 0.1) is 17.7 Å². The topological polar surface area (TPSA) is 93.6 Å². The van der Waals surface area contributed by atoms with Gasteiger partial charge in [0.2, 0.25) is 0 Å². The van der Waals surface area contributed by atoms with E-state index in [1.54, 1.807) is 23.0 Å². The first kappa shape index (κ1) is 12.2. The number of fused-ring (bicyclic) bond motifs is 1. The summed E-state index contributed by atoms with van der Waals surface area (Å²) in [5.41, 5.74) is 6.48. The lowest BCUT2D eigenvalue weighted by Gasteiger charge is -2.21. The van der Waals surface area contributed by atoms with Gasteiger partial charge in [0.15, 0.2) is 21.3 Å². The molecule has 0 atom stereocenters. The summed E-state index contributed by atoms with van der Waals surface area (Å²) >= 11 is 0. The average Bonchev–Trinajstić information content (AvgIpc) is 2.72. The molecule has 7 nitrogen and oxygen atoms in total. The Morgan fingerprint density at radius 3 is 2.95 bits per heavy atom. The smallest absolute Gasteiger partial charge is 0.180 e. The van der Waals surface area contributed by atoms with E-state index in [-0.39, 0.29) is 11.5 Å². The molecule has 0 unspecified atom stereocenters. The molecule has 2 aromatic rings. The molecular formula is C11H15N5O2S. The van der Waals surface area contributed by atoms with Gasteiger partial charge in [-0.3, -0.25) is 0 Å². The number of nitrogens with zero attached hydrogens (tertiary/aromatic N) is 4. The third-order valence-corrected chi connectivity index (χ3v) is 4.95. The Kier molecular flexibility index (Phi) is 2.81. The minimum atomic E-state index is -2.94.